The highest BCUT2D eigenvalue weighted by molar-refractivity contribution is 5.88. The lowest BCUT2D eigenvalue weighted by atomic mass is 9.82. The molecule has 0 spiro atoms. The first-order valence-electron chi connectivity index (χ1n) is 19.9. The van der Waals surface area contributed by atoms with Crippen molar-refractivity contribution in [1.82, 2.24) is 0 Å². The molecule has 1 rings (SSSR count). The number of rotatable bonds is 24. The zero-order valence-electron chi connectivity index (χ0n) is 34.9. The summed E-state index contributed by atoms with van der Waals surface area (Å²) in [7, 11) is 0. The Balaban J connectivity index is 3.22. The molecule has 0 saturated carbocycles. The Kier molecular flexibility index (Phi) is 23.2. The average Bonchev–Trinajstić information content (AvgIpc) is 3.16. The van der Waals surface area contributed by atoms with E-state index in [1.807, 2.05) is 19.9 Å². The molecule has 18 atom stereocenters. The van der Waals surface area contributed by atoms with Gasteiger partial charge in [0.25, 0.3) is 0 Å². The Hall–Kier alpha value is -1.83. The molecule has 15 heteroatoms. The summed E-state index contributed by atoms with van der Waals surface area (Å²) in [5, 5.41) is 112. The molecule has 15 nitrogen and oxygen atoms in total. The third-order valence-corrected chi connectivity index (χ3v) is 11.0. The minimum atomic E-state index is -1.88. The molecule has 56 heavy (non-hydrogen) atoms. The third kappa shape index (κ3) is 15.4. The Labute approximate surface area is 333 Å². The van der Waals surface area contributed by atoms with Gasteiger partial charge in [0.15, 0.2) is 12.4 Å². The van der Waals surface area contributed by atoms with Gasteiger partial charge in [-0.2, -0.15) is 0 Å². The van der Waals surface area contributed by atoms with Crippen molar-refractivity contribution >= 4 is 5.97 Å². The van der Waals surface area contributed by atoms with Crippen molar-refractivity contribution in [3.05, 3.63) is 34.9 Å². The molecule has 0 aromatic rings. The lowest BCUT2D eigenvalue weighted by Crippen LogP contribution is -2.60. The van der Waals surface area contributed by atoms with Gasteiger partial charge in [0.2, 0.25) is 0 Å². The van der Waals surface area contributed by atoms with E-state index in [1.165, 1.54) is 13.0 Å². The summed E-state index contributed by atoms with van der Waals surface area (Å²) in [5.74, 6) is -1.61. The minimum Gasteiger partial charge on any atom is -0.453 e. The van der Waals surface area contributed by atoms with Crippen LogP contribution in [0.3, 0.4) is 0 Å². The molecular formula is C41H74O15. The van der Waals surface area contributed by atoms with Crippen LogP contribution in [-0.4, -0.2) is 155 Å². The van der Waals surface area contributed by atoms with Crippen LogP contribution in [-0.2, 0) is 19.0 Å². The lowest BCUT2D eigenvalue weighted by Gasteiger charge is -2.42. The van der Waals surface area contributed by atoms with Crippen LogP contribution in [0.1, 0.15) is 88.5 Å². The van der Waals surface area contributed by atoms with Crippen molar-refractivity contribution in [2.24, 2.45) is 35.5 Å². The number of ether oxygens (including phenoxy) is 3. The molecular weight excluding hydrogens is 732 g/mol. The van der Waals surface area contributed by atoms with Crippen molar-refractivity contribution in [2.75, 3.05) is 19.8 Å². The van der Waals surface area contributed by atoms with E-state index in [0.717, 1.165) is 19.3 Å². The van der Waals surface area contributed by atoms with Gasteiger partial charge < -0.3 is 70.4 Å². The van der Waals surface area contributed by atoms with E-state index in [0.29, 0.717) is 23.0 Å². The van der Waals surface area contributed by atoms with Gasteiger partial charge in [-0.05, 0) is 62.5 Å². The van der Waals surface area contributed by atoms with Gasteiger partial charge in [-0.25, -0.2) is 4.79 Å². The van der Waals surface area contributed by atoms with Crippen molar-refractivity contribution < 1.29 is 75.2 Å². The Morgan fingerprint density at radius 3 is 1.70 bits per heavy atom. The quantitative estimate of drug-likeness (QED) is 0.0365. The maximum Gasteiger partial charge on any atom is 0.333 e. The van der Waals surface area contributed by atoms with Gasteiger partial charge in [0.05, 0.1) is 38.1 Å². The minimum absolute atomic E-state index is 0.00927. The molecule has 1 fully saturated rings. The van der Waals surface area contributed by atoms with E-state index in [9.17, 15) is 55.9 Å². The monoisotopic (exact) mass is 807 g/mol. The molecule has 0 radical (unpaired) electrons. The maximum atomic E-state index is 12.8. The SMILES string of the molecule is CC[C@H](C)C[C@H](C)C[C@H](C)[C@@H](O[C@@H]1O[C@H](CO)[C@@H](O)[C@H](O)[C@@H]1O)[C@@H](C)/C=C(\C)[C@@H](O)[C@@H](C)/C=C(\C)[C@@H](O)[C@@H](C)/C=C(\C)C(=O)O[C@@H]([C@H](O)[C@H](O)CO)[C@H](O)CO. The highest BCUT2D eigenvalue weighted by Crippen LogP contribution is 2.33. The summed E-state index contributed by atoms with van der Waals surface area (Å²) in [6.07, 6.45) is -8.98. The second-order valence-electron chi connectivity index (χ2n) is 16.4. The highest BCUT2D eigenvalue weighted by Gasteiger charge is 2.46. The average molecular weight is 807 g/mol. The van der Waals surface area contributed by atoms with Crippen LogP contribution in [0.5, 0.6) is 0 Å². The summed E-state index contributed by atoms with van der Waals surface area (Å²) in [5.41, 5.74) is 1.13. The summed E-state index contributed by atoms with van der Waals surface area (Å²) in [6, 6.07) is 0. The van der Waals surface area contributed by atoms with Gasteiger partial charge in [-0.3, -0.25) is 0 Å². The van der Waals surface area contributed by atoms with Crippen LogP contribution in [0.2, 0.25) is 0 Å². The van der Waals surface area contributed by atoms with Crippen molar-refractivity contribution in [2.45, 2.75) is 162 Å². The van der Waals surface area contributed by atoms with Crippen LogP contribution < -0.4 is 0 Å². The van der Waals surface area contributed by atoms with Crippen LogP contribution in [0.25, 0.3) is 0 Å². The van der Waals surface area contributed by atoms with Crippen LogP contribution >= 0.6 is 0 Å². The number of aliphatic hydroxyl groups is 11. The summed E-state index contributed by atoms with van der Waals surface area (Å²) in [6.45, 7) is 16.4. The van der Waals surface area contributed by atoms with Crippen molar-refractivity contribution in [3.8, 4) is 0 Å². The number of carbonyl (C=O) groups excluding carboxylic acids is 1. The van der Waals surface area contributed by atoms with Gasteiger partial charge >= 0.3 is 5.97 Å². The Morgan fingerprint density at radius 1 is 0.679 bits per heavy atom. The van der Waals surface area contributed by atoms with E-state index in [-0.39, 0.29) is 17.4 Å². The molecule has 11 N–H and O–H groups in total. The Bertz CT molecular complexity index is 1240. The second kappa shape index (κ2) is 24.9. The van der Waals surface area contributed by atoms with E-state index in [1.54, 1.807) is 33.8 Å². The zero-order chi connectivity index (χ0) is 43.2. The number of aliphatic hydroxyl groups excluding tert-OH is 11. The van der Waals surface area contributed by atoms with E-state index >= 15 is 0 Å². The van der Waals surface area contributed by atoms with E-state index < -0.39 is 111 Å². The highest BCUT2D eigenvalue weighted by atomic mass is 16.7. The molecule has 1 aliphatic rings. The lowest BCUT2D eigenvalue weighted by molar-refractivity contribution is -0.317. The predicted molar refractivity (Wildman–Crippen MR) is 209 cm³/mol. The number of esters is 1. The fraction of sp³-hybridized carbons (Fsp3) is 0.829. The normalized spacial score (nSPS) is 28.5. The molecule has 1 heterocycles. The molecule has 0 aromatic heterocycles. The molecule has 1 saturated heterocycles. The summed E-state index contributed by atoms with van der Waals surface area (Å²) >= 11 is 0. The van der Waals surface area contributed by atoms with E-state index in [4.69, 9.17) is 19.3 Å². The van der Waals surface area contributed by atoms with Crippen molar-refractivity contribution in [1.29, 1.82) is 0 Å². The largest absolute Gasteiger partial charge is 0.453 e. The van der Waals surface area contributed by atoms with Gasteiger partial charge in [0.1, 0.15) is 42.7 Å². The zero-order valence-corrected chi connectivity index (χ0v) is 34.9. The fourth-order valence-corrected chi connectivity index (χ4v) is 7.45. The molecule has 0 amide bonds. The molecule has 0 bridgehead atoms. The fourth-order valence-electron chi connectivity index (χ4n) is 7.45. The first-order valence-corrected chi connectivity index (χ1v) is 19.9. The molecule has 0 aromatic carbocycles. The Morgan fingerprint density at radius 2 is 1.20 bits per heavy atom. The van der Waals surface area contributed by atoms with Gasteiger partial charge in [-0.15, -0.1) is 0 Å². The summed E-state index contributed by atoms with van der Waals surface area (Å²) in [4.78, 5) is 12.8. The first kappa shape index (κ1) is 52.2. The topological polar surface area (TPSA) is 267 Å². The molecule has 0 aliphatic carbocycles. The smallest absolute Gasteiger partial charge is 0.333 e. The standard InChI is InChI=1S/C41H74O15/c1-11-20(2)12-21(3)13-26(8)38(56-41-37(52)36(51)35(50)31(19-44)54-41)27(9)15-24(6)32(47)22(4)14-23(5)33(48)25(7)16-28(10)40(53)55-39(30(46)18-43)34(49)29(45)17-42/h14-16,20-22,25-27,29-39,41-52H,11-13,17-19H2,1-10H3/b23-14+,24-15+,28-16+/t20-,21-,22-,25-,26-,27-,29+,30+,31+,32-,33+,34+,35+,36-,37-,38+,39+,41-/m0/s1. The maximum absolute atomic E-state index is 12.8. The third-order valence-electron chi connectivity index (χ3n) is 11.0. The number of hydrogen-bond acceptors (Lipinski definition) is 15. The van der Waals surface area contributed by atoms with Crippen LogP contribution in [0.15, 0.2) is 34.9 Å². The van der Waals surface area contributed by atoms with Crippen LogP contribution in [0.4, 0.5) is 0 Å². The molecule has 1 aliphatic heterocycles. The number of carbonyl (C=O) groups is 1. The second-order valence-corrected chi connectivity index (χ2v) is 16.4. The first-order chi connectivity index (χ1) is 26.1. The predicted octanol–water partition coefficient (Wildman–Crippen LogP) is 0.718. The van der Waals surface area contributed by atoms with Crippen molar-refractivity contribution in [3.63, 3.8) is 0 Å². The van der Waals surface area contributed by atoms with E-state index in [2.05, 4.69) is 20.8 Å². The number of hydrogen-bond donors (Lipinski definition) is 11. The summed E-state index contributed by atoms with van der Waals surface area (Å²) < 4.78 is 17.2. The van der Waals surface area contributed by atoms with Gasteiger partial charge in [-0.1, -0.05) is 73.1 Å². The van der Waals surface area contributed by atoms with Crippen LogP contribution in [0, 0.1) is 35.5 Å². The van der Waals surface area contributed by atoms with Gasteiger partial charge in [0, 0.05) is 23.3 Å². The molecule has 328 valence electrons. The molecule has 0 unspecified atom stereocenters.